The van der Waals surface area contributed by atoms with E-state index in [1.807, 2.05) is 0 Å². The first-order chi connectivity index (χ1) is 14.5. The number of H-pyrrole nitrogens is 1. The number of rotatable bonds is 16. The quantitative estimate of drug-likeness (QED) is 0.209. The van der Waals surface area contributed by atoms with Gasteiger partial charge in [-0.15, -0.1) is 0 Å². The van der Waals surface area contributed by atoms with E-state index in [1.165, 1.54) is 27.5 Å². The molecule has 180 valence electrons. The van der Waals surface area contributed by atoms with Crippen molar-refractivity contribution in [2.75, 3.05) is 54.4 Å². The van der Waals surface area contributed by atoms with E-state index in [2.05, 4.69) is 17.6 Å². The van der Waals surface area contributed by atoms with Crippen LogP contribution in [0, 0.1) is 0 Å². The van der Waals surface area contributed by atoms with Gasteiger partial charge in [0, 0.05) is 33.6 Å². The van der Waals surface area contributed by atoms with Crippen LogP contribution in [0.1, 0.15) is 6.23 Å². The highest BCUT2D eigenvalue weighted by atomic mass is 31.2. The fourth-order valence-electron chi connectivity index (χ4n) is 2.02. The summed E-state index contributed by atoms with van der Waals surface area (Å²) in [6, 6.07) is 1.14. The lowest BCUT2D eigenvalue weighted by Crippen LogP contribution is -2.38. The summed E-state index contributed by atoms with van der Waals surface area (Å²) < 4.78 is 37.5. The first-order valence-corrected chi connectivity index (χ1v) is 12.4. The molecule has 0 bridgehead atoms. The molecule has 0 aliphatic rings. The summed E-state index contributed by atoms with van der Waals surface area (Å²) in [7, 11) is -2.76. The Labute approximate surface area is 179 Å². The number of aromatic nitrogens is 2. The Balaban J connectivity index is 3.07. The summed E-state index contributed by atoms with van der Waals surface area (Å²) in [5.41, 5.74) is -1.31. The molecule has 1 heterocycles. The molecule has 15 heteroatoms. The van der Waals surface area contributed by atoms with Crippen molar-refractivity contribution in [2.24, 2.45) is 0 Å². The van der Waals surface area contributed by atoms with Gasteiger partial charge in [-0.2, -0.15) is 0 Å². The van der Waals surface area contributed by atoms with Gasteiger partial charge in [0.15, 0.2) is 6.23 Å². The van der Waals surface area contributed by atoms with E-state index >= 15 is 0 Å². The zero-order valence-corrected chi connectivity index (χ0v) is 19.5. The van der Waals surface area contributed by atoms with E-state index < -0.39 is 38.7 Å². The molecule has 31 heavy (non-hydrogen) atoms. The summed E-state index contributed by atoms with van der Waals surface area (Å²) in [6.45, 7) is -0.139. The third-order valence-electron chi connectivity index (χ3n) is 3.70. The molecule has 0 fully saturated rings. The van der Waals surface area contributed by atoms with Crippen molar-refractivity contribution in [2.45, 2.75) is 12.3 Å². The Bertz CT molecular complexity index is 844. The van der Waals surface area contributed by atoms with Crippen LogP contribution in [0.2, 0.25) is 0 Å². The number of nitrogens with zero attached hydrogens (tertiary/aromatic N) is 1. The van der Waals surface area contributed by atoms with Crippen molar-refractivity contribution in [3.05, 3.63) is 33.1 Å². The van der Waals surface area contributed by atoms with Crippen molar-refractivity contribution in [1.29, 1.82) is 0 Å². The maximum absolute atomic E-state index is 12.2. The average molecular weight is 488 g/mol. The second-order valence-corrected chi connectivity index (χ2v) is 9.83. The standard InChI is InChI=1S/C16H30N2O11P2/c1-23-8-9-26-12-15(18-7-6-14(19)17-16(18)20)29-13(10-27-30(4,21)24-2)11-28-31(5,22)25-3/h6-7,13,15,21-22H,4-5,8-12H2,1-3H3,(H,17,19,20)/t13?,15-,30?,31?/m1/s1. The maximum atomic E-state index is 12.2. The summed E-state index contributed by atoms with van der Waals surface area (Å²) in [5, 5.41) is 0. The van der Waals surface area contributed by atoms with Crippen LogP contribution in [0.5, 0.6) is 0 Å². The minimum Gasteiger partial charge on any atom is -0.382 e. The van der Waals surface area contributed by atoms with Crippen molar-refractivity contribution in [3.8, 4) is 0 Å². The Morgan fingerprint density at radius 3 is 2.10 bits per heavy atom. The van der Waals surface area contributed by atoms with Gasteiger partial charge in [-0.3, -0.25) is 14.3 Å². The zero-order valence-electron chi connectivity index (χ0n) is 17.7. The van der Waals surface area contributed by atoms with Crippen LogP contribution in [0.15, 0.2) is 21.9 Å². The first kappa shape index (κ1) is 28.0. The highest BCUT2D eigenvalue weighted by Gasteiger charge is 2.24. The van der Waals surface area contributed by atoms with Crippen LogP contribution in [0.3, 0.4) is 0 Å². The van der Waals surface area contributed by atoms with Gasteiger partial charge in [-0.1, -0.05) is 0 Å². The second-order valence-electron chi connectivity index (χ2n) is 6.03. The number of aromatic amines is 1. The van der Waals surface area contributed by atoms with Gasteiger partial charge >= 0.3 is 5.69 Å². The van der Waals surface area contributed by atoms with E-state index in [1.54, 1.807) is 0 Å². The van der Waals surface area contributed by atoms with Gasteiger partial charge in [0.05, 0.1) is 33.0 Å². The van der Waals surface area contributed by atoms with Crippen LogP contribution in [0.25, 0.3) is 0 Å². The molecule has 0 amide bonds. The number of methoxy groups -OCH3 is 1. The van der Waals surface area contributed by atoms with Crippen molar-refractivity contribution in [3.63, 3.8) is 0 Å². The molecule has 0 aromatic carbocycles. The molecule has 0 spiro atoms. The van der Waals surface area contributed by atoms with Crippen LogP contribution < -0.4 is 11.2 Å². The molecule has 3 N–H and O–H groups in total. The third kappa shape index (κ3) is 10.9. The Morgan fingerprint density at radius 2 is 1.61 bits per heavy atom. The molecule has 0 radical (unpaired) electrons. The van der Waals surface area contributed by atoms with Gasteiger partial charge in [-0.05, 0) is 12.6 Å². The number of nitrogens with one attached hydrogen (secondary N) is 1. The van der Waals surface area contributed by atoms with Crippen LogP contribution in [0.4, 0.5) is 0 Å². The molecular weight excluding hydrogens is 458 g/mol. The van der Waals surface area contributed by atoms with E-state index in [9.17, 15) is 19.4 Å². The lowest BCUT2D eigenvalue weighted by molar-refractivity contribution is -0.123. The predicted molar refractivity (Wildman–Crippen MR) is 116 cm³/mol. The van der Waals surface area contributed by atoms with Crippen LogP contribution in [-0.2, 0) is 32.3 Å². The molecule has 2 unspecified atom stereocenters. The van der Waals surface area contributed by atoms with Gasteiger partial charge in [0.2, 0.25) is 15.1 Å². The summed E-state index contributed by atoms with van der Waals surface area (Å²) in [4.78, 5) is 45.6. The number of hydrogen-bond donors (Lipinski definition) is 3. The molecule has 0 aliphatic carbocycles. The molecule has 13 nitrogen and oxygen atoms in total. The zero-order chi connectivity index (χ0) is 23.5. The minimum atomic E-state index is -3.36. The number of ether oxygens (including phenoxy) is 3. The summed E-state index contributed by atoms with van der Waals surface area (Å²) >= 11 is 0. The van der Waals surface area contributed by atoms with Crippen molar-refractivity contribution < 1.29 is 42.1 Å². The van der Waals surface area contributed by atoms with Crippen LogP contribution in [-0.4, -0.2) is 92.4 Å². The van der Waals surface area contributed by atoms with E-state index in [4.69, 9.17) is 32.3 Å². The Kier molecular flexibility index (Phi) is 12.1. The van der Waals surface area contributed by atoms with E-state index in [0.29, 0.717) is 6.61 Å². The summed E-state index contributed by atoms with van der Waals surface area (Å²) in [5.74, 6) is 0. The molecule has 0 saturated carbocycles. The maximum Gasteiger partial charge on any atom is 0.330 e. The van der Waals surface area contributed by atoms with E-state index in [-0.39, 0.29) is 26.4 Å². The topological polar surface area (TPSA) is 160 Å². The Hall–Kier alpha value is -1.08. The normalized spacial score (nSPS) is 17.6. The fraction of sp³-hybridized carbons (Fsp3) is 0.625. The van der Waals surface area contributed by atoms with Gasteiger partial charge in [-0.25, -0.2) is 4.79 Å². The van der Waals surface area contributed by atoms with Gasteiger partial charge < -0.3 is 42.1 Å². The summed E-state index contributed by atoms with van der Waals surface area (Å²) in [6.07, 6.45) is 6.11. The molecule has 0 saturated heterocycles. The predicted octanol–water partition coefficient (Wildman–Crippen LogP) is -0.217. The lowest BCUT2D eigenvalue weighted by Gasteiger charge is -2.28. The smallest absolute Gasteiger partial charge is 0.330 e. The minimum absolute atomic E-state index is 0.103. The highest BCUT2D eigenvalue weighted by molar-refractivity contribution is 7.58. The lowest BCUT2D eigenvalue weighted by atomic mass is 10.4. The molecule has 1 aromatic rings. The molecular formula is C16H30N2O11P2. The third-order valence-corrected chi connectivity index (χ3v) is 5.94. The first-order valence-electron chi connectivity index (χ1n) is 8.90. The second kappa shape index (κ2) is 13.5. The number of hydrogen-bond acceptors (Lipinski definition) is 11. The fourth-order valence-corrected chi connectivity index (χ4v) is 3.03. The largest absolute Gasteiger partial charge is 0.382 e. The molecule has 1 rings (SSSR count). The Morgan fingerprint density at radius 1 is 1.03 bits per heavy atom. The highest BCUT2D eigenvalue weighted by Crippen LogP contribution is 2.43. The van der Waals surface area contributed by atoms with Crippen LogP contribution >= 0.6 is 15.1 Å². The SMILES string of the molecule is C=P(O)(OC)OCC(COP(=C)(O)OC)O[C@H](COCCOC)n1ccc(=O)[nH]c1=O. The molecule has 0 aliphatic heterocycles. The average Bonchev–Trinajstić information content (AvgIpc) is 2.72. The van der Waals surface area contributed by atoms with Gasteiger partial charge in [0.25, 0.3) is 5.56 Å². The monoisotopic (exact) mass is 488 g/mol. The van der Waals surface area contributed by atoms with Crippen molar-refractivity contribution >= 4 is 27.7 Å². The van der Waals surface area contributed by atoms with Gasteiger partial charge in [0.1, 0.15) is 6.10 Å². The molecule has 1 aromatic heterocycles. The van der Waals surface area contributed by atoms with Crippen molar-refractivity contribution in [1.82, 2.24) is 9.55 Å². The van der Waals surface area contributed by atoms with E-state index in [0.717, 1.165) is 10.6 Å². The molecule has 3 atom stereocenters.